The van der Waals surface area contributed by atoms with E-state index in [0.717, 1.165) is 24.0 Å². The molecule has 0 unspecified atom stereocenters. The summed E-state index contributed by atoms with van der Waals surface area (Å²) in [5.74, 6) is 0. The van der Waals surface area contributed by atoms with Crippen LogP contribution in [0.2, 0.25) is 0 Å². The molecule has 6 heteroatoms. The van der Waals surface area contributed by atoms with Crippen LogP contribution >= 0.6 is 0 Å². The van der Waals surface area contributed by atoms with E-state index in [1.807, 2.05) is 6.07 Å². The van der Waals surface area contributed by atoms with E-state index in [4.69, 9.17) is 4.84 Å². The minimum atomic E-state index is -0.466. The Labute approximate surface area is 109 Å². The lowest BCUT2D eigenvalue weighted by Gasteiger charge is -2.25. The highest BCUT2D eigenvalue weighted by atomic mass is 16.7. The molecule has 0 aliphatic carbocycles. The third-order valence-electron chi connectivity index (χ3n) is 3.33. The molecule has 6 nitrogen and oxygen atoms in total. The number of nitrogens with zero attached hydrogens (tertiary/aromatic N) is 2. The first kappa shape index (κ1) is 11.8. The number of benzene rings is 1. The van der Waals surface area contributed by atoms with Crippen LogP contribution in [-0.4, -0.2) is 33.8 Å². The molecule has 0 saturated carbocycles. The summed E-state index contributed by atoms with van der Waals surface area (Å²) in [5, 5.41) is 0. The number of H-pyrrole nitrogens is 1. The fourth-order valence-corrected chi connectivity index (χ4v) is 2.33. The second-order valence-corrected chi connectivity index (χ2v) is 4.65. The molecule has 1 aromatic heterocycles. The number of hydrogen-bond donors (Lipinski definition) is 1. The van der Waals surface area contributed by atoms with Crippen molar-refractivity contribution in [2.24, 2.45) is 0 Å². The maximum Gasteiger partial charge on any atom is 0.434 e. The van der Waals surface area contributed by atoms with E-state index in [1.165, 1.54) is 0 Å². The Hall–Kier alpha value is -2.24. The predicted octanol–water partition coefficient (Wildman–Crippen LogP) is 1.36. The molecule has 2 heterocycles. The summed E-state index contributed by atoms with van der Waals surface area (Å²) in [6.45, 7) is 1.38. The van der Waals surface area contributed by atoms with E-state index >= 15 is 0 Å². The first-order valence-electron chi connectivity index (χ1n) is 6.43. The Balaban J connectivity index is 1.86. The van der Waals surface area contributed by atoms with Crippen LogP contribution < -0.4 is 10.5 Å². The normalized spacial score (nSPS) is 15.7. The van der Waals surface area contributed by atoms with Crippen molar-refractivity contribution in [3.8, 4) is 0 Å². The SMILES string of the molecule is O=C(On1c(=O)[nH]c2ccccc21)N1CCCCC1. The molecule has 1 aliphatic heterocycles. The van der Waals surface area contributed by atoms with E-state index in [9.17, 15) is 9.59 Å². The molecule has 3 rings (SSSR count). The average molecular weight is 261 g/mol. The van der Waals surface area contributed by atoms with Gasteiger partial charge in [0.25, 0.3) is 0 Å². The highest BCUT2D eigenvalue weighted by Crippen LogP contribution is 2.11. The molecule has 2 aromatic rings. The summed E-state index contributed by atoms with van der Waals surface area (Å²) in [5.41, 5.74) is 0.781. The molecular weight excluding hydrogens is 246 g/mol. The molecule has 1 aromatic carbocycles. The number of hydrogen-bond acceptors (Lipinski definition) is 3. The minimum Gasteiger partial charge on any atom is -0.312 e. The summed E-state index contributed by atoms with van der Waals surface area (Å²) >= 11 is 0. The van der Waals surface area contributed by atoms with Crippen molar-refractivity contribution in [1.29, 1.82) is 0 Å². The number of aromatic amines is 1. The second kappa shape index (κ2) is 4.79. The van der Waals surface area contributed by atoms with E-state index in [1.54, 1.807) is 23.1 Å². The van der Waals surface area contributed by atoms with Gasteiger partial charge < -0.3 is 14.7 Å². The van der Waals surface area contributed by atoms with Gasteiger partial charge in [-0.25, -0.2) is 9.59 Å². The van der Waals surface area contributed by atoms with Gasteiger partial charge in [0.1, 0.15) is 5.52 Å². The van der Waals surface area contributed by atoms with Crippen LogP contribution in [0.25, 0.3) is 11.0 Å². The standard InChI is InChI=1S/C13H15N3O3/c17-12-14-10-6-2-3-7-11(10)16(12)19-13(18)15-8-4-1-5-9-15/h2-3,6-7H,1,4-5,8-9H2,(H,14,17). The fraction of sp³-hybridized carbons (Fsp3) is 0.385. The van der Waals surface area contributed by atoms with Crippen molar-refractivity contribution < 1.29 is 9.63 Å². The lowest BCUT2D eigenvalue weighted by molar-refractivity contribution is 0.0866. The van der Waals surface area contributed by atoms with Gasteiger partial charge in [-0.2, -0.15) is 0 Å². The van der Waals surface area contributed by atoms with Gasteiger partial charge in [0.05, 0.1) is 5.52 Å². The number of imidazole rings is 1. The number of carbonyl (C=O) groups excluding carboxylic acids is 1. The highest BCUT2D eigenvalue weighted by molar-refractivity contribution is 5.76. The van der Waals surface area contributed by atoms with Crippen molar-refractivity contribution in [1.82, 2.24) is 14.6 Å². The minimum absolute atomic E-state index is 0.438. The zero-order valence-corrected chi connectivity index (χ0v) is 10.5. The Morgan fingerprint density at radius 1 is 1.16 bits per heavy atom. The molecule has 0 spiro atoms. The van der Waals surface area contributed by atoms with Crippen molar-refractivity contribution in [3.05, 3.63) is 34.7 Å². The van der Waals surface area contributed by atoms with E-state index < -0.39 is 11.8 Å². The fourth-order valence-electron chi connectivity index (χ4n) is 2.33. The van der Waals surface area contributed by atoms with Crippen LogP contribution in [0.1, 0.15) is 19.3 Å². The van der Waals surface area contributed by atoms with E-state index in [0.29, 0.717) is 24.1 Å². The zero-order valence-electron chi connectivity index (χ0n) is 10.5. The molecular formula is C13H15N3O3. The number of aromatic nitrogens is 2. The first-order valence-corrected chi connectivity index (χ1v) is 6.43. The number of carbonyl (C=O) groups is 1. The molecule has 0 radical (unpaired) electrons. The van der Waals surface area contributed by atoms with Gasteiger partial charge >= 0.3 is 11.8 Å². The molecule has 0 bridgehead atoms. The van der Waals surface area contributed by atoms with Gasteiger partial charge in [0.2, 0.25) is 0 Å². The van der Waals surface area contributed by atoms with Crippen LogP contribution in [0.5, 0.6) is 0 Å². The topological polar surface area (TPSA) is 67.3 Å². The van der Waals surface area contributed by atoms with Gasteiger partial charge in [-0.15, -0.1) is 4.73 Å². The van der Waals surface area contributed by atoms with Crippen LogP contribution in [0.15, 0.2) is 29.1 Å². The third-order valence-corrected chi connectivity index (χ3v) is 3.33. The molecule has 100 valence electrons. The lowest BCUT2D eigenvalue weighted by atomic mass is 10.1. The molecule has 1 fully saturated rings. The second-order valence-electron chi connectivity index (χ2n) is 4.65. The number of para-hydroxylation sites is 2. The summed E-state index contributed by atoms with van der Waals surface area (Å²) in [6.07, 6.45) is 2.64. The van der Waals surface area contributed by atoms with Crippen molar-refractivity contribution in [3.63, 3.8) is 0 Å². The van der Waals surface area contributed by atoms with Crippen LogP contribution in [0.3, 0.4) is 0 Å². The Kier molecular flexibility index (Phi) is 2.98. The quantitative estimate of drug-likeness (QED) is 0.843. The summed E-state index contributed by atoms with van der Waals surface area (Å²) in [4.78, 5) is 33.2. The molecule has 1 amide bonds. The van der Waals surface area contributed by atoms with Gasteiger partial charge in [-0.3, -0.25) is 0 Å². The van der Waals surface area contributed by atoms with E-state index in [2.05, 4.69) is 4.98 Å². The average Bonchev–Trinajstić information content (AvgIpc) is 2.76. The molecule has 19 heavy (non-hydrogen) atoms. The van der Waals surface area contributed by atoms with Crippen LogP contribution in [0, 0.1) is 0 Å². The van der Waals surface area contributed by atoms with Crippen molar-refractivity contribution in [2.75, 3.05) is 13.1 Å². The Morgan fingerprint density at radius 2 is 1.89 bits per heavy atom. The number of piperidine rings is 1. The Bertz CT molecular complexity index is 652. The van der Waals surface area contributed by atoms with Crippen molar-refractivity contribution in [2.45, 2.75) is 19.3 Å². The molecule has 1 saturated heterocycles. The maximum absolute atomic E-state index is 12.0. The summed E-state index contributed by atoms with van der Waals surface area (Å²) < 4.78 is 1.02. The smallest absolute Gasteiger partial charge is 0.312 e. The summed E-state index contributed by atoms with van der Waals surface area (Å²) in [6, 6.07) is 7.11. The van der Waals surface area contributed by atoms with Gasteiger partial charge in [-0.1, -0.05) is 12.1 Å². The van der Waals surface area contributed by atoms with Crippen LogP contribution in [-0.2, 0) is 0 Å². The molecule has 1 aliphatic rings. The Morgan fingerprint density at radius 3 is 2.68 bits per heavy atom. The van der Waals surface area contributed by atoms with Crippen molar-refractivity contribution >= 4 is 17.1 Å². The largest absolute Gasteiger partial charge is 0.434 e. The molecule has 1 N–H and O–H groups in total. The summed E-state index contributed by atoms with van der Waals surface area (Å²) in [7, 11) is 0. The predicted molar refractivity (Wildman–Crippen MR) is 70.0 cm³/mol. The maximum atomic E-state index is 12.0. The van der Waals surface area contributed by atoms with Gasteiger partial charge in [-0.05, 0) is 31.4 Å². The molecule has 0 atom stereocenters. The third kappa shape index (κ3) is 2.21. The number of amides is 1. The van der Waals surface area contributed by atoms with Gasteiger partial charge in [0, 0.05) is 13.1 Å². The van der Waals surface area contributed by atoms with Crippen LogP contribution in [0.4, 0.5) is 4.79 Å². The van der Waals surface area contributed by atoms with E-state index in [-0.39, 0.29) is 0 Å². The number of fused-ring (bicyclic) bond motifs is 1. The number of likely N-dealkylation sites (tertiary alicyclic amines) is 1. The lowest BCUT2D eigenvalue weighted by Crippen LogP contribution is -2.42. The highest BCUT2D eigenvalue weighted by Gasteiger charge is 2.20. The van der Waals surface area contributed by atoms with Gasteiger partial charge in [0.15, 0.2) is 0 Å². The number of nitrogens with one attached hydrogen (secondary N) is 1. The zero-order chi connectivity index (χ0) is 13.2. The number of rotatable bonds is 1. The first-order chi connectivity index (χ1) is 9.25. The monoisotopic (exact) mass is 261 g/mol.